The second-order valence-electron chi connectivity index (χ2n) is 6.45. The minimum Gasteiger partial charge on any atom is -0.493 e. The first kappa shape index (κ1) is 16.4. The number of pyridine rings is 1. The summed E-state index contributed by atoms with van der Waals surface area (Å²) in [6, 6.07) is 5.21. The van der Waals surface area contributed by atoms with Crippen LogP contribution >= 0.6 is 0 Å². The van der Waals surface area contributed by atoms with Crippen LogP contribution in [0.5, 0.6) is 11.5 Å². The van der Waals surface area contributed by atoms with E-state index in [1.807, 2.05) is 6.07 Å². The van der Waals surface area contributed by atoms with Crippen LogP contribution in [0.2, 0.25) is 0 Å². The third-order valence-electron chi connectivity index (χ3n) is 5.31. The summed E-state index contributed by atoms with van der Waals surface area (Å²) < 4.78 is 10.7. The zero-order chi connectivity index (χ0) is 18.5. The van der Waals surface area contributed by atoms with Crippen molar-refractivity contribution in [2.75, 3.05) is 20.8 Å². The van der Waals surface area contributed by atoms with E-state index in [4.69, 9.17) is 9.47 Å². The van der Waals surface area contributed by atoms with Crippen LogP contribution in [0.25, 0.3) is 0 Å². The predicted molar refractivity (Wildman–Crippen MR) is 91.5 cm³/mol. The number of carbonyl (C=O) groups is 2. The molecule has 1 amide bonds. The number of carboxylic acids is 1. The van der Waals surface area contributed by atoms with Gasteiger partial charge in [-0.1, -0.05) is 0 Å². The number of fused-ring (bicyclic) bond motifs is 4. The molecule has 0 fully saturated rings. The summed E-state index contributed by atoms with van der Waals surface area (Å²) in [4.78, 5) is 31.0. The molecule has 0 radical (unpaired) electrons. The van der Waals surface area contributed by atoms with E-state index in [1.165, 1.54) is 18.2 Å². The SMILES string of the molecule is COc1cc2c(cc1OC)C1(C(=O)O)Cc3ccncc3C(=O)N1CC2. The Labute approximate surface area is 150 Å². The first-order valence-electron chi connectivity index (χ1n) is 8.26. The van der Waals surface area contributed by atoms with E-state index < -0.39 is 11.5 Å². The van der Waals surface area contributed by atoms with Crippen molar-refractivity contribution in [1.82, 2.24) is 9.88 Å². The molecule has 0 saturated heterocycles. The van der Waals surface area contributed by atoms with Crippen LogP contribution in [0.1, 0.15) is 27.0 Å². The highest BCUT2D eigenvalue weighted by atomic mass is 16.5. The van der Waals surface area contributed by atoms with Crippen molar-refractivity contribution in [2.45, 2.75) is 18.4 Å². The lowest BCUT2D eigenvalue weighted by Gasteiger charge is -2.48. The number of nitrogens with zero attached hydrogens (tertiary/aromatic N) is 2. The number of methoxy groups -OCH3 is 2. The average molecular weight is 354 g/mol. The van der Waals surface area contributed by atoms with Crippen molar-refractivity contribution in [1.29, 1.82) is 0 Å². The predicted octanol–water partition coefficient (Wildman–Crippen LogP) is 1.63. The van der Waals surface area contributed by atoms with Crippen LogP contribution in [0.4, 0.5) is 0 Å². The molecule has 7 nitrogen and oxygen atoms in total. The fourth-order valence-electron chi connectivity index (χ4n) is 4.04. The van der Waals surface area contributed by atoms with Gasteiger partial charge in [-0.15, -0.1) is 0 Å². The van der Waals surface area contributed by atoms with Gasteiger partial charge in [-0.2, -0.15) is 0 Å². The number of rotatable bonds is 3. The van der Waals surface area contributed by atoms with Crippen LogP contribution in [-0.4, -0.2) is 47.6 Å². The van der Waals surface area contributed by atoms with Gasteiger partial charge in [-0.25, -0.2) is 4.79 Å². The summed E-state index contributed by atoms with van der Waals surface area (Å²) in [6.07, 6.45) is 3.82. The number of hydrogen-bond acceptors (Lipinski definition) is 5. The second kappa shape index (κ2) is 5.72. The molecule has 2 aliphatic heterocycles. The molecule has 3 heterocycles. The highest BCUT2D eigenvalue weighted by Gasteiger charge is 2.55. The van der Waals surface area contributed by atoms with Gasteiger partial charge in [-0.05, 0) is 41.3 Å². The lowest BCUT2D eigenvalue weighted by molar-refractivity contribution is -0.151. The fraction of sp³-hybridized carbons (Fsp3) is 0.316. The molecule has 1 aromatic carbocycles. The molecular formula is C19H18N2O5. The third kappa shape index (κ3) is 2.03. The summed E-state index contributed by atoms with van der Waals surface area (Å²) in [6.45, 7) is 0.321. The lowest BCUT2D eigenvalue weighted by atomic mass is 9.73. The summed E-state index contributed by atoms with van der Waals surface area (Å²) in [5.74, 6) is -0.364. The lowest BCUT2D eigenvalue weighted by Crippen LogP contribution is -2.61. The van der Waals surface area contributed by atoms with Gasteiger partial charge in [-0.3, -0.25) is 9.78 Å². The van der Waals surface area contributed by atoms with E-state index in [1.54, 1.807) is 25.4 Å². The quantitative estimate of drug-likeness (QED) is 0.901. The maximum atomic E-state index is 13.0. The van der Waals surface area contributed by atoms with Gasteiger partial charge in [0.1, 0.15) is 0 Å². The third-order valence-corrected chi connectivity index (χ3v) is 5.31. The number of aromatic nitrogens is 1. The Kier molecular flexibility index (Phi) is 3.61. The minimum atomic E-state index is -1.46. The van der Waals surface area contributed by atoms with Crippen LogP contribution in [0.3, 0.4) is 0 Å². The van der Waals surface area contributed by atoms with Gasteiger partial charge in [0, 0.05) is 25.4 Å². The molecule has 2 aromatic rings. The van der Waals surface area contributed by atoms with Gasteiger partial charge in [0.05, 0.1) is 19.8 Å². The van der Waals surface area contributed by atoms with Crippen molar-refractivity contribution >= 4 is 11.9 Å². The number of carbonyl (C=O) groups excluding carboxylic acids is 1. The highest BCUT2D eigenvalue weighted by Crippen LogP contribution is 2.46. The summed E-state index contributed by atoms with van der Waals surface area (Å²) in [5.41, 5.74) is 1.12. The van der Waals surface area contributed by atoms with Crippen LogP contribution < -0.4 is 9.47 Å². The maximum absolute atomic E-state index is 13.0. The zero-order valence-corrected chi connectivity index (χ0v) is 14.5. The molecular weight excluding hydrogens is 336 g/mol. The largest absolute Gasteiger partial charge is 0.493 e. The molecule has 134 valence electrons. The fourth-order valence-corrected chi connectivity index (χ4v) is 4.04. The molecule has 0 aliphatic carbocycles. The van der Waals surface area contributed by atoms with Crippen molar-refractivity contribution in [3.8, 4) is 11.5 Å². The molecule has 0 bridgehead atoms. The Hall–Kier alpha value is -3.09. The highest BCUT2D eigenvalue weighted by molar-refractivity contribution is 6.02. The molecule has 2 aliphatic rings. The Balaban J connectivity index is 1.99. The summed E-state index contributed by atoms with van der Waals surface area (Å²) in [5, 5.41) is 10.2. The Bertz CT molecular complexity index is 926. The molecule has 0 saturated carbocycles. The van der Waals surface area contributed by atoms with Crippen molar-refractivity contribution in [2.24, 2.45) is 0 Å². The van der Waals surface area contributed by atoms with Gasteiger partial charge in [0.2, 0.25) is 0 Å². The standard InChI is InChI=1S/C19H18N2O5/c1-25-15-7-11-4-6-21-17(22)13-10-20-5-3-12(13)9-19(21,18(23)24)14(11)8-16(15)26-2/h3,5,7-8,10H,4,6,9H2,1-2H3,(H,23,24). The van der Waals surface area contributed by atoms with Gasteiger partial charge in [0.15, 0.2) is 17.0 Å². The van der Waals surface area contributed by atoms with E-state index >= 15 is 0 Å². The number of amides is 1. The molecule has 0 spiro atoms. The molecule has 1 N–H and O–H groups in total. The number of aliphatic carboxylic acids is 1. The Morgan fingerprint density at radius 2 is 1.96 bits per heavy atom. The van der Waals surface area contributed by atoms with E-state index in [0.717, 1.165) is 5.56 Å². The number of ether oxygens (including phenoxy) is 2. The van der Waals surface area contributed by atoms with E-state index in [0.29, 0.717) is 41.2 Å². The van der Waals surface area contributed by atoms with Crippen molar-refractivity contribution in [3.63, 3.8) is 0 Å². The first-order valence-corrected chi connectivity index (χ1v) is 8.26. The molecule has 1 atom stereocenters. The monoisotopic (exact) mass is 354 g/mol. The zero-order valence-electron chi connectivity index (χ0n) is 14.5. The summed E-state index contributed by atoms with van der Waals surface area (Å²) >= 11 is 0. The Morgan fingerprint density at radius 1 is 1.23 bits per heavy atom. The smallest absolute Gasteiger partial charge is 0.334 e. The molecule has 4 rings (SSSR count). The van der Waals surface area contributed by atoms with Gasteiger partial charge >= 0.3 is 5.97 Å². The van der Waals surface area contributed by atoms with Crippen LogP contribution in [0, 0.1) is 0 Å². The van der Waals surface area contributed by atoms with Crippen LogP contribution in [0.15, 0.2) is 30.6 Å². The van der Waals surface area contributed by atoms with E-state index in [2.05, 4.69) is 4.98 Å². The molecule has 1 aromatic heterocycles. The van der Waals surface area contributed by atoms with E-state index in [9.17, 15) is 14.7 Å². The second-order valence-corrected chi connectivity index (χ2v) is 6.45. The number of benzene rings is 1. The normalized spacial score (nSPS) is 20.7. The molecule has 1 unspecified atom stereocenters. The number of carboxylic acid groups (broad SMARTS) is 1. The first-order chi connectivity index (χ1) is 12.5. The van der Waals surface area contributed by atoms with Gasteiger partial charge in [0.25, 0.3) is 5.91 Å². The topological polar surface area (TPSA) is 89.0 Å². The Morgan fingerprint density at radius 3 is 2.65 bits per heavy atom. The van der Waals surface area contributed by atoms with Crippen molar-refractivity contribution < 1.29 is 24.2 Å². The van der Waals surface area contributed by atoms with E-state index in [-0.39, 0.29) is 12.3 Å². The summed E-state index contributed by atoms with van der Waals surface area (Å²) in [7, 11) is 3.05. The maximum Gasteiger partial charge on any atom is 0.334 e. The molecule has 26 heavy (non-hydrogen) atoms. The van der Waals surface area contributed by atoms with Crippen molar-refractivity contribution in [3.05, 3.63) is 52.8 Å². The minimum absolute atomic E-state index is 0.189. The van der Waals surface area contributed by atoms with Crippen LogP contribution in [-0.2, 0) is 23.2 Å². The van der Waals surface area contributed by atoms with Gasteiger partial charge < -0.3 is 19.5 Å². The molecule has 7 heteroatoms. The average Bonchev–Trinajstić information content (AvgIpc) is 2.66. The number of hydrogen-bond donors (Lipinski definition) is 1.